The van der Waals surface area contributed by atoms with Gasteiger partial charge in [-0.15, -0.1) is 12.4 Å². The Kier molecular flexibility index (Phi) is 7.63. The molecule has 6 nitrogen and oxygen atoms in total. The lowest BCUT2D eigenvalue weighted by Gasteiger charge is -2.22. The molecule has 3 N–H and O–H groups in total. The van der Waals surface area contributed by atoms with E-state index in [0.29, 0.717) is 37.7 Å². The Hall–Kier alpha value is -1.86. The minimum Gasteiger partial charge on any atom is -0.342 e. The van der Waals surface area contributed by atoms with E-state index < -0.39 is 11.7 Å². The Morgan fingerprint density at radius 2 is 2.12 bits per heavy atom. The summed E-state index contributed by atoms with van der Waals surface area (Å²) in [6, 6.07) is 3.91. The second kappa shape index (κ2) is 9.01. The normalized spacial score (nSPS) is 15.0. The van der Waals surface area contributed by atoms with Crippen LogP contribution in [0.15, 0.2) is 18.2 Å². The molecule has 0 spiro atoms. The van der Waals surface area contributed by atoms with Crippen LogP contribution in [0, 0.1) is 11.7 Å². The van der Waals surface area contributed by atoms with Gasteiger partial charge in [0.05, 0.1) is 5.56 Å². The smallest absolute Gasteiger partial charge is 0.321 e. The number of carbonyl (C=O) groups excluding carboxylic acids is 2. The van der Waals surface area contributed by atoms with Gasteiger partial charge in [-0.05, 0) is 30.5 Å². The van der Waals surface area contributed by atoms with Crippen molar-refractivity contribution in [2.45, 2.75) is 26.3 Å². The summed E-state index contributed by atoms with van der Waals surface area (Å²) in [6.45, 7) is 5.53. The van der Waals surface area contributed by atoms with Crippen LogP contribution in [-0.2, 0) is 0 Å². The minimum atomic E-state index is -0.594. The lowest BCUT2D eigenvalue weighted by atomic mass is 10.0. The predicted molar refractivity (Wildman–Crippen MR) is 98.8 cm³/mol. The van der Waals surface area contributed by atoms with E-state index in [1.165, 1.54) is 28.0 Å². The number of urea groups is 1. The first-order valence-corrected chi connectivity index (χ1v) is 8.17. The number of benzene rings is 1. The molecule has 2 rings (SSSR count). The third-order valence-electron chi connectivity index (χ3n) is 4.35. The van der Waals surface area contributed by atoms with E-state index in [1.807, 2.05) is 13.8 Å². The molecule has 0 saturated carbocycles. The summed E-state index contributed by atoms with van der Waals surface area (Å²) in [7, 11) is 1.63. The van der Waals surface area contributed by atoms with E-state index >= 15 is 0 Å². The summed E-state index contributed by atoms with van der Waals surface area (Å²) < 4.78 is 14.1. The highest BCUT2D eigenvalue weighted by atomic mass is 35.5. The molecule has 140 valence electrons. The fourth-order valence-electron chi connectivity index (χ4n) is 2.55. The molecule has 0 radical (unpaired) electrons. The number of hydrogen-bond acceptors (Lipinski definition) is 3. The number of hydrogen-bond donors (Lipinski definition) is 2. The first kappa shape index (κ1) is 21.2. The van der Waals surface area contributed by atoms with Crippen LogP contribution in [0.5, 0.6) is 0 Å². The maximum absolute atomic E-state index is 14.1. The van der Waals surface area contributed by atoms with E-state index in [4.69, 9.17) is 5.73 Å². The molecule has 1 aromatic rings. The van der Waals surface area contributed by atoms with E-state index in [2.05, 4.69) is 5.32 Å². The standard InChI is InChI=1S/C17H25FN4O2.ClH/c1-11(2)15(19)6-8-21(3)16(23)13-10-12(4-5-14(13)18)22-9-7-20-17(22)24;/h4-5,10-11,15H,6-9,19H2,1-3H3,(H,20,24);1H. The zero-order valence-electron chi connectivity index (χ0n) is 14.8. The number of amides is 3. The maximum Gasteiger partial charge on any atom is 0.321 e. The number of halogens is 2. The Labute approximate surface area is 153 Å². The number of nitrogens with one attached hydrogen (secondary N) is 1. The molecule has 3 amide bonds. The van der Waals surface area contributed by atoms with E-state index in [9.17, 15) is 14.0 Å². The van der Waals surface area contributed by atoms with Gasteiger partial charge in [-0.25, -0.2) is 9.18 Å². The first-order valence-electron chi connectivity index (χ1n) is 8.17. The highest BCUT2D eigenvalue weighted by Gasteiger charge is 2.24. The van der Waals surface area contributed by atoms with Crippen LogP contribution >= 0.6 is 12.4 Å². The van der Waals surface area contributed by atoms with Crippen molar-refractivity contribution in [3.8, 4) is 0 Å². The molecular weight excluding hydrogens is 347 g/mol. The van der Waals surface area contributed by atoms with Gasteiger partial charge in [-0.2, -0.15) is 0 Å². The van der Waals surface area contributed by atoms with Crippen molar-refractivity contribution >= 4 is 30.0 Å². The van der Waals surface area contributed by atoms with E-state index in [-0.39, 0.29) is 30.0 Å². The van der Waals surface area contributed by atoms with Crippen molar-refractivity contribution in [2.75, 3.05) is 31.6 Å². The van der Waals surface area contributed by atoms with Crippen LogP contribution in [0.3, 0.4) is 0 Å². The summed E-state index contributed by atoms with van der Waals surface area (Å²) in [5, 5.41) is 2.68. The molecule has 1 fully saturated rings. The van der Waals surface area contributed by atoms with Gasteiger partial charge in [-0.1, -0.05) is 13.8 Å². The van der Waals surface area contributed by atoms with Gasteiger partial charge in [0.1, 0.15) is 5.82 Å². The molecular formula is C17H26ClFN4O2. The van der Waals surface area contributed by atoms with Crippen molar-refractivity contribution in [3.63, 3.8) is 0 Å². The van der Waals surface area contributed by atoms with Crippen molar-refractivity contribution in [1.29, 1.82) is 0 Å². The summed E-state index contributed by atoms with van der Waals surface area (Å²) in [5.74, 6) is -0.685. The quantitative estimate of drug-likeness (QED) is 0.803. The summed E-state index contributed by atoms with van der Waals surface area (Å²) in [4.78, 5) is 27.2. The topological polar surface area (TPSA) is 78.7 Å². The Morgan fingerprint density at radius 1 is 1.44 bits per heavy atom. The average Bonchev–Trinajstić information content (AvgIpc) is 2.98. The molecule has 0 bridgehead atoms. The third kappa shape index (κ3) is 5.06. The lowest BCUT2D eigenvalue weighted by Crippen LogP contribution is -2.35. The van der Waals surface area contributed by atoms with E-state index in [1.54, 1.807) is 7.05 Å². The molecule has 1 aliphatic rings. The zero-order chi connectivity index (χ0) is 17.9. The molecule has 0 aromatic heterocycles. The van der Waals surface area contributed by atoms with Gasteiger partial charge in [0, 0.05) is 38.4 Å². The predicted octanol–water partition coefficient (Wildman–Crippen LogP) is 2.22. The Bertz CT molecular complexity index is 627. The highest BCUT2D eigenvalue weighted by molar-refractivity contribution is 5.98. The van der Waals surface area contributed by atoms with Gasteiger partial charge in [0.15, 0.2) is 0 Å². The fourth-order valence-corrected chi connectivity index (χ4v) is 2.55. The molecule has 1 unspecified atom stereocenters. The van der Waals surface area contributed by atoms with Crippen LogP contribution in [0.25, 0.3) is 0 Å². The van der Waals surface area contributed by atoms with Gasteiger partial charge < -0.3 is 16.0 Å². The molecule has 1 atom stereocenters. The maximum atomic E-state index is 14.1. The zero-order valence-corrected chi connectivity index (χ0v) is 15.6. The molecule has 1 aromatic carbocycles. The number of carbonyl (C=O) groups is 2. The third-order valence-corrected chi connectivity index (χ3v) is 4.35. The Balaban J connectivity index is 0.00000312. The molecule has 8 heteroatoms. The van der Waals surface area contributed by atoms with Crippen LogP contribution < -0.4 is 16.0 Å². The van der Waals surface area contributed by atoms with Gasteiger partial charge >= 0.3 is 6.03 Å². The van der Waals surface area contributed by atoms with Crippen molar-refractivity contribution in [2.24, 2.45) is 11.7 Å². The van der Waals surface area contributed by atoms with E-state index in [0.717, 1.165) is 0 Å². The molecule has 25 heavy (non-hydrogen) atoms. The number of anilines is 1. The number of nitrogens with zero attached hydrogens (tertiary/aromatic N) is 2. The van der Waals surface area contributed by atoms with Crippen LogP contribution in [0.2, 0.25) is 0 Å². The molecule has 1 saturated heterocycles. The van der Waals surface area contributed by atoms with Crippen LogP contribution in [-0.4, -0.2) is 49.6 Å². The largest absolute Gasteiger partial charge is 0.342 e. The van der Waals surface area contributed by atoms with Crippen LogP contribution in [0.4, 0.5) is 14.9 Å². The van der Waals surface area contributed by atoms with Crippen molar-refractivity contribution < 1.29 is 14.0 Å². The number of rotatable bonds is 6. The van der Waals surface area contributed by atoms with Gasteiger partial charge in [0.25, 0.3) is 5.91 Å². The number of nitrogens with two attached hydrogens (primary N) is 1. The first-order chi connectivity index (χ1) is 11.3. The second-order valence-electron chi connectivity index (χ2n) is 6.47. The highest BCUT2D eigenvalue weighted by Crippen LogP contribution is 2.21. The fraction of sp³-hybridized carbons (Fsp3) is 0.529. The van der Waals surface area contributed by atoms with Gasteiger partial charge in [0.2, 0.25) is 0 Å². The summed E-state index contributed by atoms with van der Waals surface area (Å²) in [6.07, 6.45) is 0.649. The monoisotopic (exact) mass is 372 g/mol. The second-order valence-corrected chi connectivity index (χ2v) is 6.47. The Morgan fingerprint density at radius 3 is 2.68 bits per heavy atom. The SMILES string of the molecule is CC(C)C(N)CCN(C)C(=O)c1cc(N2CCNC2=O)ccc1F.Cl. The average molecular weight is 373 g/mol. The van der Waals surface area contributed by atoms with Gasteiger partial charge in [-0.3, -0.25) is 9.69 Å². The molecule has 0 aliphatic carbocycles. The minimum absolute atomic E-state index is 0. The molecule has 1 heterocycles. The van der Waals surface area contributed by atoms with Crippen molar-refractivity contribution in [3.05, 3.63) is 29.6 Å². The van der Waals surface area contributed by atoms with Crippen molar-refractivity contribution in [1.82, 2.24) is 10.2 Å². The molecule has 1 aliphatic heterocycles. The van der Waals surface area contributed by atoms with Crippen LogP contribution in [0.1, 0.15) is 30.6 Å². The summed E-state index contributed by atoms with van der Waals surface area (Å²) >= 11 is 0. The summed E-state index contributed by atoms with van der Waals surface area (Å²) in [5.41, 5.74) is 6.47. The lowest BCUT2D eigenvalue weighted by molar-refractivity contribution is 0.0784.